The van der Waals surface area contributed by atoms with Crippen LogP contribution in [0.3, 0.4) is 0 Å². The Morgan fingerprint density at radius 3 is 2.17 bits per heavy atom. The van der Waals surface area contributed by atoms with Crippen LogP contribution in [0.5, 0.6) is 0 Å². The number of nitrogens with two attached hydrogens (primary N) is 1. The van der Waals surface area contributed by atoms with Crippen LogP contribution in [0.1, 0.15) is 46.0 Å². The molecule has 1 unspecified atom stereocenters. The first kappa shape index (κ1) is 10.0. The van der Waals surface area contributed by atoms with E-state index in [0.717, 1.165) is 24.3 Å². The summed E-state index contributed by atoms with van der Waals surface area (Å²) in [6.45, 7) is 5.51. The van der Waals surface area contributed by atoms with Gasteiger partial charge in [-0.2, -0.15) is 0 Å². The summed E-state index contributed by atoms with van der Waals surface area (Å²) in [6.07, 6.45) is 7.19. The van der Waals surface area contributed by atoms with Gasteiger partial charge in [0.25, 0.3) is 0 Å². The SMILES string of the molecule is CC(C)C(CN)C1CCCCC1. The molecule has 1 aliphatic rings. The minimum atomic E-state index is 0.776. The monoisotopic (exact) mass is 169 g/mol. The molecule has 1 atom stereocenters. The molecule has 1 rings (SSSR count). The van der Waals surface area contributed by atoms with Crippen LogP contribution in [-0.2, 0) is 0 Å². The minimum absolute atomic E-state index is 0.776. The molecular formula is C11H23N. The lowest BCUT2D eigenvalue weighted by Gasteiger charge is -2.32. The van der Waals surface area contributed by atoms with Crippen molar-refractivity contribution < 1.29 is 0 Å². The highest BCUT2D eigenvalue weighted by Gasteiger charge is 2.24. The Bertz CT molecular complexity index is 114. The first-order valence-corrected chi connectivity index (χ1v) is 5.45. The molecule has 0 radical (unpaired) electrons. The van der Waals surface area contributed by atoms with Crippen LogP contribution in [-0.4, -0.2) is 6.54 Å². The van der Waals surface area contributed by atoms with Gasteiger partial charge in [0.1, 0.15) is 0 Å². The summed E-state index contributed by atoms with van der Waals surface area (Å²) < 4.78 is 0. The Hall–Kier alpha value is -0.0400. The summed E-state index contributed by atoms with van der Waals surface area (Å²) in [5, 5.41) is 0. The Morgan fingerprint density at radius 1 is 1.17 bits per heavy atom. The van der Waals surface area contributed by atoms with Crippen LogP contribution in [0.25, 0.3) is 0 Å². The van der Waals surface area contributed by atoms with Crippen LogP contribution in [0, 0.1) is 17.8 Å². The van der Waals surface area contributed by atoms with Gasteiger partial charge < -0.3 is 5.73 Å². The van der Waals surface area contributed by atoms with Gasteiger partial charge in [-0.05, 0) is 24.3 Å². The lowest BCUT2D eigenvalue weighted by atomic mass is 9.75. The van der Waals surface area contributed by atoms with Crippen molar-refractivity contribution in [2.75, 3.05) is 6.54 Å². The molecule has 1 fully saturated rings. The first-order valence-electron chi connectivity index (χ1n) is 5.45. The first-order chi connectivity index (χ1) is 5.75. The predicted octanol–water partition coefficient (Wildman–Crippen LogP) is 2.80. The topological polar surface area (TPSA) is 26.0 Å². The summed E-state index contributed by atoms with van der Waals surface area (Å²) >= 11 is 0. The second-order valence-corrected chi connectivity index (χ2v) is 4.54. The Morgan fingerprint density at radius 2 is 1.75 bits per heavy atom. The fraction of sp³-hybridized carbons (Fsp3) is 1.00. The lowest BCUT2D eigenvalue weighted by Crippen LogP contribution is -2.29. The lowest BCUT2D eigenvalue weighted by molar-refractivity contribution is 0.202. The Kier molecular flexibility index (Phi) is 4.07. The maximum atomic E-state index is 5.80. The van der Waals surface area contributed by atoms with E-state index >= 15 is 0 Å². The van der Waals surface area contributed by atoms with Crippen LogP contribution in [0.4, 0.5) is 0 Å². The fourth-order valence-electron chi connectivity index (χ4n) is 2.57. The molecule has 2 N–H and O–H groups in total. The zero-order chi connectivity index (χ0) is 8.97. The van der Waals surface area contributed by atoms with Crippen molar-refractivity contribution in [3.63, 3.8) is 0 Å². The molecule has 0 bridgehead atoms. The van der Waals surface area contributed by atoms with Crippen molar-refractivity contribution in [3.8, 4) is 0 Å². The molecule has 0 saturated heterocycles. The van der Waals surface area contributed by atoms with Crippen molar-refractivity contribution in [2.24, 2.45) is 23.5 Å². The molecule has 12 heavy (non-hydrogen) atoms. The van der Waals surface area contributed by atoms with E-state index in [1.54, 1.807) is 0 Å². The normalized spacial score (nSPS) is 23.0. The molecule has 0 aromatic carbocycles. The van der Waals surface area contributed by atoms with Crippen LogP contribution in [0.15, 0.2) is 0 Å². The smallest absolute Gasteiger partial charge is 0.00438 e. The van der Waals surface area contributed by atoms with Gasteiger partial charge in [-0.3, -0.25) is 0 Å². The average Bonchev–Trinajstić information content (AvgIpc) is 2.07. The van der Waals surface area contributed by atoms with Crippen LogP contribution < -0.4 is 5.73 Å². The third-order valence-electron chi connectivity index (χ3n) is 3.38. The van der Waals surface area contributed by atoms with Gasteiger partial charge >= 0.3 is 0 Å². The standard InChI is InChI=1S/C11H23N/c1-9(2)11(8-12)10-6-4-3-5-7-10/h9-11H,3-8,12H2,1-2H3. The van der Waals surface area contributed by atoms with Gasteiger partial charge in [-0.25, -0.2) is 0 Å². The van der Waals surface area contributed by atoms with E-state index in [0.29, 0.717) is 0 Å². The molecule has 72 valence electrons. The highest BCUT2D eigenvalue weighted by Crippen LogP contribution is 2.33. The predicted molar refractivity (Wildman–Crippen MR) is 54.0 cm³/mol. The van der Waals surface area contributed by atoms with E-state index in [4.69, 9.17) is 5.73 Å². The van der Waals surface area contributed by atoms with Crippen molar-refractivity contribution >= 4 is 0 Å². The summed E-state index contributed by atoms with van der Waals surface area (Å²) in [5.41, 5.74) is 5.80. The zero-order valence-corrected chi connectivity index (χ0v) is 8.55. The summed E-state index contributed by atoms with van der Waals surface area (Å²) in [5.74, 6) is 2.49. The van der Waals surface area contributed by atoms with Gasteiger partial charge in [-0.1, -0.05) is 46.0 Å². The largest absolute Gasteiger partial charge is 0.330 e. The summed E-state index contributed by atoms with van der Waals surface area (Å²) in [4.78, 5) is 0. The zero-order valence-electron chi connectivity index (χ0n) is 8.55. The van der Waals surface area contributed by atoms with E-state index in [2.05, 4.69) is 13.8 Å². The molecule has 1 nitrogen and oxygen atoms in total. The van der Waals surface area contributed by atoms with Gasteiger partial charge in [0.15, 0.2) is 0 Å². The average molecular weight is 169 g/mol. The molecule has 0 heterocycles. The fourth-order valence-corrected chi connectivity index (χ4v) is 2.57. The van der Waals surface area contributed by atoms with E-state index < -0.39 is 0 Å². The van der Waals surface area contributed by atoms with Crippen molar-refractivity contribution in [1.29, 1.82) is 0 Å². The van der Waals surface area contributed by atoms with E-state index in [1.807, 2.05) is 0 Å². The van der Waals surface area contributed by atoms with E-state index in [1.165, 1.54) is 32.1 Å². The van der Waals surface area contributed by atoms with Gasteiger partial charge in [0, 0.05) is 0 Å². The minimum Gasteiger partial charge on any atom is -0.330 e. The molecule has 0 amide bonds. The van der Waals surface area contributed by atoms with Gasteiger partial charge in [-0.15, -0.1) is 0 Å². The highest BCUT2D eigenvalue weighted by molar-refractivity contribution is 4.76. The van der Waals surface area contributed by atoms with Crippen molar-refractivity contribution in [1.82, 2.24) is 0 Å². The molecule has 1 aliphatic carbocycles. The van der Waals surface area contributed by atoms with E-state index in [9.17, 15) is 0 Å². The number of rotatable bonds is 3. The second kappa shape index (κ2) is 4.86. The quantitative estimate of drug-likeness (QED) is 0.690. The Balaban J connectivity index is 2.40. The molecule has 0 aliphatic heterocycles. The second-order valence-electron chi connectivity index (χ2n) is 4.54. The Labute approximate surface area is 76.7 Å². The molecule has 1 saturated carbocycles. The van der Waals surface area contributed by atoms with Crippen molar-refractivity contribution in [2.45, 2.75) is 46.0 Å². The summed E-state index contributed by atoms with van der Waals surface area (Å²) in [6, 6.07) is 0. The maximum absolute atomic E-state index is 5.80. The van der Waals surface area contributed by atoms with Gasteiger partial charge in [0.2, 0.25) is 0 Å². The number of hydrogen-bond donors (Lipinski definition) is 1. The van der Waals surface area contributed by atoms with Gasteiger partial charge in [0.05, 0.1) is 0 Å². The highest BCUT2D eigenvalue weighted by atomic mass is 14.6. The third kappa shape index (κ3) is 2.48. The van der Waals surface area contributed by atoms with Crippen LogP contribution >= 0.6 is 0 Å². The summed E-state index contributed by atoms with van der Waals surface area (Å²) in [7, 11) is 0. The molecule has 0 aromatic rings. The maximum Gasteiger partial charge on any atom is -0.00438 e. The van der Waals surface area contributed by atoms with Crippen LogP contribution in [0.2, 0.25) is 0 Å². The third-order valence-corrected chi connectivity index (χ3v) is 3.38. The number of hydrogen-bond acceptors (Lipinski definition) is 1. The molecular weight excluding hydrogens is 146 g/mol. The molecule has 1 heteroatoms. The molecule has 0 aromatic heterocycles. The van der Waals surface area contributed by atoms with E-state index in [-0.39, 0.29) is 0 Å². The molecule has 0 spiro atoms. The van der Waals surface area contributed by atoms with Crippen molar-refractivity contribution in [3.05, 3.63) is 0 Å².